The third-order valence-electron chi connectivity index (χ3n) is 4.80. The summed E-state index contributed by atoms with van der Waals surface area (Å²) in [5.41, 5.74) is 1.95. The van der Waals surface area contributed by atoms with Gasteiger partial charge in [0.2, 0.25) is 5.89 Å². The summed E-state index contributed by atoms with van der Waals surface area (Å²) in [6.45, 7) is 1.52. The second kappa shape index (κ2) is 7.62. The van der Waals surface area contributed by atoms with Crippen LogP contribution in [0.5, 0.6) is 5.75 Å². The van der Waals surface area contributed by atoms with Gasteiger partial charge in [0, 0.05) is 24.0 Å². The minimum atomic E-state index is -0.291. The molecule has 3 aromatic rings. The minimum Gasteiger partial charge on any atom is -0.497 e. The van der Waals surface area contributed by atoms with Gasteiger partial charge in [0.25, 0.3) is 4.84 Å². The predicted molar refractivity (Wildman–Crippen MR) is 101 cm³/mol. The van der Waals surface area contributed by atoms with Crippen LogP contribution < -0.4 is 9.64 Å². The number of ether oxygens (including phenoxy) is 1. The molecule has 1 aromatic heterocycles. The van der Waals surface area contributed by atoms with Gasteiger partial charge in [-0.05, 0) is 60.7 Å². The molecule has 0 bridgehead atoms. The first-order chi connectivity index (χ1) is 13.1. The summed E-state index contributed by atoms with van der Waals surface area (Å²) >= 11 is 5.35. The van der Waals surface area contributed by atoms with Crippen molar-refractivity contribution < 1.29 is 18.4 Å². The number of aromatic nitrogens is 2. The Morgan fingerprint density at radius 3 is 2.52 bits per heavy atom. The first kappa shape index (κ1) is 17.9. The van der Waals surface area contributed by atoms with Crippen LogP contribution in [-0.2, 0) is 13.2 Å². The van der Waals surface area contributed by atoms with E-state index in [0.29, 0.717) is 29.0 Å². The molecule has 1 aliphatic rings. The lowest BCUT2D eigenvalue weighted by molar-refractivity contribution is -0.947. The van der Waals surface area contributed by atoms with Gasteiger partial charge in [-0.3, -0.25) is 0 Å². The number of nitrogens with zero attached hydrogens (tertiary/aromatic N) is 2. The van der Waals surface area contributed by atoms with Crippen molar-refractivity contribution in [3.05, 3.63) is 64.7 Å². The van der Waals surface area contributed by atoms with E-state index in [1.54, 1.807) is 23.9 Å². The maximum absolute atomic E-state index is 13.1. The molecule has 1 fully saturated rings. The van der Waals surface area contributed by atoms with Gasteiger partial charge in [-0.2, -0.15) is 4.68 Å². The second-order valence-corrected chi connectivity index (χ2v) is 7.14. The normalized spacial score (nSPS) is 14.9. The van der Waals surface area contributed by atoms with Crippen molar-refractivity contribution in [3.63, 3.8) is 0 Å². The van der Waals surface area contributed by atoms with Gasteiger partial charge in [-0.25, -0.2) is 4.39 Å². The summed E-state index contributed by atoms with van der Waals surface area (Å²) in [4.78, 5) is 1.73. The maximum atomic E-state index is 13.1. The Morgan fingerprint density at radius 1 is 1.19 bits per heavy atom. The highest BCUT2D eigenvalue weighted by Crippen LogP contribution is 2.19. The van der Waals surface area contributed by atoms with E-state index >= 15 is 0 Å². The largest absolute Gasteiger partial charge is 0.497 e. The Balaban J connectivity index is 1.51. The highest BCUT2D eigenvalue weighted by Gasteiger charge is 2.34. The molecule has 4 rings (SSSR count). The zero-order valence-electron chi connectivity index (χ0n) is 15.0. The molecule has 0 radical (unpaired) electrons. The summed E-state index contributed by atoms with van der Waals surface area (Å²) in [5, 5.41) is 4.51. The van der Waals surface area contributed by atoms with Crippen LogP contribution in [0.15, 0.2) is 52.9 Å². The van der Waals surface area contributed by atoms with Gasteiger partial charge in [0.05, 0.1) is 13.2 Å². The maximum Gasteiger partial charge on any atom is 0.292 e. The van der Waals surface area contributed by atoms with Crippen LogP contribution in [-0.4, -0.2) is 22.9 Å². The molecule has 0 spiro atoms. The van der Waals surface area contributed by atoms with E-state index < -0.39 is 0 Å². The van der Waals surface area contributed by atoms with Gasteiger partial charge in [0.1, 0.15) is 18.1 Å². The topological polar surface area (TPSA) is 44.6 Å². The molecule has 0 saturated heterocycles. The zero-order chi connectivity index (χ0) is 18.8. The summed E-state index contributed by atoms with van der Waals surface area (Å²) in [6.07, 6.45) is 2.42. The molecule has 1 saturated carbocycles. The van der Waals surface area contributed by atoms with Crippen LogP contribution >= 0.6 is 12.2 Å². The van der Waals surface area contributed by atoms with Crippen LogP contribution in [0, 0.1) is 10.7 Å². The lowest BCUT2D eigenvalue weighted by Gasteiger charge is -2.18. The van der Waals surface area contributed by atoms with E-state index in [1.807, 2.05) is 12.1 Å². The Labute approximate surface area is 162 Å². The number of hydrogen-bond acceptors (Lipinski definition) is 4. The Morgan fingerprint density at radius 2 is 1.89 bits per heavy atom. The lowest BCUT2D eigenvalue weighted by Crippen LogP contribution is -3.11. The van der Waals surface area contributed by atoms with Crippen molar-refractivity contribution in [3.8, 4) is 17.2 Å². The Bertz CT molecular complexity index is 962. The molecule has 1 unspecified atom stereocenters. The van der Waals surface area contributed by atoms with Gasteiger partial charge >= 0.3 is 0 Å². The van der Waals surface area contributed by atoms with E-state index in [2.05, 4.69) is 17.2 Å². The average Bonchev–Trinajstić information content (AvgIpc) is 3.47. The minimum absolute atomic E-state index is 0.291. The molecular weight excluding hydrogens is 365 g/mol. The van der Waals surface area contributed by atoms with Gasteiger partial charge in [-0.1, -0.05) is 0 Å². The smallest absolute Gasteiger partial charge is 0.292 e. The first-order valence-corrected chi connectivity index (χ1v) is 9.34. The van der Waals surface area contributed by atoms with E-state index in [1.165, 1.54) is 35.4 Å². The molecule has 1 aliphatic carbocycles. The zero-order valence-corrected chi connectivity index (χ0v) is 15.8. The Hall–Kier alpha value is -2.51. The first-order valence-electron chi connectivity index (χ1n) is 8.94. The highest BCUT2D eigenvalue weighted by molar-refractivity contribution is 7.71. The molecule has 1 heterocycles. The average molecular weight is 386 g/mol. The van der Waals surface area contributed by atoms with E-state index in [-0.39, 0.29) is 5.82 Å². The third kappa shape index (κ3) is 4.26. The molecule has 7 heteroatoms. The molecule has 2 aromatic carbocycles. The summed E-state index contributed by atoms with van der Waals surface area (Å²) < 4.78 is 25.7. The molecule has 1 N–H and O–H groups in total. The summed E-state index contributed by atoms with van der Waals surface area (Å²) in [6, 6.07) is 14.8. The molecule has 27 heavy (non-hydrogen) atoms. The molecule has 5 nitrogen and oxygen atoms in total. The number of methoxy groups -OCH3 is 1. The third-order valence-corrected chi connectivity index (χ3v) is 5.09. The summed E-state index contributed by atoms with van der Waals surface area (Å²) in [7, 11) is 1.67. The van der Waals surface area contributed by atoms with Gasteiger partial charge in [0.15, 0.2) is 6.67 Å². The Kier molecular flexibility index (Phi) is 5.05. The van der Waals surface area contributed by atoms with Crippen LogP contribution in [0.25, 0.3) is 11.5 Å². The highest BCUT2D eigenvalue weighted by atomic mass is 32.1. The number of hydrogen-bond donors (Lipinski definition) is 1. The van der Waals surface area contributed by atoms with Crippen LogP contribution in [0.2, 0.25) is 0 Å². The van der Waals surface area contributed by atoms with Crippen molar-refractivity contribution in [2.75, 3.05) is 7.11 Å². The van der Waals surface area contributed by atoms with E-state index in [4.69, 9.17) is 21.4 Å². The van der Waals surface area contributed by atoms with Gasteiger partial charge in [-0.15, -0.1) is 5.10 Å². The predicted octanol–water partition coefficient (Wildman–Crippen LogP) is 3.23. The monoisotopic (exact) mass is 386 g/mol. The van der Waals surface area contributed by atoms with Crippen LogP contribution in [0.3, 0.4) is 0 Å². The fraction of sp³-hybridized carbons (Fsp3) is 0.300. The SMILES string of the molecule is COc1ccc(C[NH+](Cn2nc(-c3ccc(F)cc3)oc2=S)C2CC2)cc1. The second-order valence-electron chi connectivity index (χ2n) is 6.80. The van der Waals surface area contributed by atoms with Crippen molar-refractivity contribution >= 4 is 12.2 Å². The van der Waals surface area contributed by atoms with Crippen LogP contribution in [0.4, 0.5) is 4.39 Å². The molecular formula is C20H21FN3O2S+. The standard InChI is InChI=1S/C20H20FN3O2S/c1-25-18-10-2-14(3-11-18)12-23(17-8-9-17)13-24-20(27)26-19(22-24)15-4-6-16(21)7-5-15/h2-7,10-11,17H,8-9,12-13H2,1H3/p+1. The van der Waals surface area contributed by atoms with Crippen molar-refractivity contribution in [1.82, 2.24) is 9.78 Å². The van der Waals surface area contributed by atoms with Crippen LogP contribution in [0.1, 0.15) is 18.4 Å². The number of rotatable bonds is 7. The summed E-state index contributed by atoms with van der Waals surface area (Å²) in [5.74, 6) is 0.981. The lowest BCUT2D eigenvalue weighted by atomic mass is 10.2. The molecule has 0 aliphatic heterocycles. The fourth-order valence-electron chi connectivity index (χ4n) is 3.13. The quantitative estimate of drug-likeness (QED) is 0.634. The van der Waals surface area contributed by atoms with E-state index in [0.717, 1.165) is 12.3 Å². The van der Waals surface area contributed by atoms with Gasteiger partial charge < -0.3 is 14.1 Å². The molecule has 1 atom stereocenters. The number of halogens is 1. The number of benzene rings is 2. The molecule has 140 valence electrons. The van der Waals surface area contributed by atoms with Crippen molar-refractivity contribution in [2.24, 2.45) is 0 Å². The fourth-order valence-corrected chi connectivity index (χ4v) is 3.32. The number of quaternary nitrogens is 1. The number of nitrogens with one attached hydrogen (secondary N) is 1. The van der Waals surface area contributed by atoms with Crippen molar-refractivity contribution in [2.45, 2.75) is 32.1 Å². The van der Waals surface area contributed by atoms with Crippen molar-refractivity contribution in [1.29, 1.82) is 0 Å². The van der Waals surface area contributed by atoms with E-state index in [9.17, 15) is 4.39 Å². The molecule has 0 amide bonds.